The van der Waals surface area contributed by atoms with E-state index < -0.39 is 28.0 Å². The first kappa shape index (κ1) is 24.2. The summed E-state index contributed by atoms with van der Waals surface area (Å²) < 4.78 is 63.3. The van der Waals surface area contributed by atoms with Gasteiger partial charge in [-0.1, -0.05) is 48.9 Å². The fourth-order valence-corrected chi connectivity index (χ4v) is 4.44. The zero-order valence-electron chi connectivity index (χ0n) is 17.9. The van der Waals surface area contributed by atoms with Crippen LogP contribution in [0, 0.1) is 0 Å². The van der Waals surface area contributed by atoms with Crippen molar-refractivity contribution in [3.8, 4) is 16.9 Å². The maximum Gasteiger partial charge on any atom is 0.511 e. The molecule has 0 spiro atoms. The number of nitrogens with one attached hydrogen (secondary N) is 1. The number of rotatable bonds is 6. The molecule has 34 heavy (non-hydrogen) atoms. The van der Waals surface area contributed by atoms with Gasteiger partial charge in [0.25, 0.3) is 0 Å². The number of sulfonamides is 1. The van der Waals surface area contributed by atoms with Gasteiger partial charge in [-0.25, -0.2) is 13.1 Å². The fraction of sp³-hybridized carbons (Fsp3) is 0.273. The van der Waals surface area contributed by atoms with Crippen molar-refractivity contribution in [2.75, 3.05) is 6.54 Å². The molecule has 2 heterocycles. The largest absolute Gasteiger partial charge is 0.511 e. The number of para-hydroxylation sites is 1. The number of amides is 1. The number of carbonyl (C=O) groups excluding carboxylic acids is 1. The summed E-state index contributed by atoms with van der Waals surface area (Å²) in [5, 5.41) is 5.27. The van der Waals surface area contributed by atoms with Crippen molar-refractivity contribution in [3.05, 3.63) is 70.4 Å². The molecule has 7 nitrogen and oxygen atoms in total. The third-order valence-electron chi connectivity index (χ3n) is 5.55. The molecule has 3 aromatic rings. The Morgan fingerprint density at radius 2 is 1.79 bits per heavy atom. The van der Waals surface area contributed by atoms with E-state index in [1.165, 1.54) is 9.62 Å². The minimum atomic E-state index is -5.61. The molecule has 0 fully saturated rings. The van der Waals surface area contributed by atoms with Gasteiger partial charge in [0.05, 0.1) is 36.7 Å². The maximum absolute atomic E-state index is 12.6. The Balaban J connectivity index is 1.67. The number of benzene rings is 2. The van der Waals surface area contributed by atoms with Crippen molar-refractivity contribution < 1.29 is 26.4 Å². The molecule has 0 saturated heterocycles. The molecule has 4 rings (SSSR count). The Bertz CT molecular complexity index is 1340. The SMILES string of the molecule is CCc1ccccc1-n1nc2c(c1-c1ccc(Cl)cc1)CN(C(=O)CNS(=O)(=O)C(F)(F)F)C2. The van der Waals surface area contributed by atoms with Crippen LogP contribution in [0.2, 0.25) is 5.02 Å². The van der Waals surface area contributed by atoms with E-state index in [-0.39, 0.29) is 13.1 Å². The van der Waals surface area contributed by atoms with E-state index in [1.807, 2.05) is 43.3 Å². The van der Waals surface area contributed by atoms with E-state index in [4.69, 9.17) is 16.7 Å². The quantitative estimate of drug-likeness (QED) is 0.540. The smallest absolute Gasteiger partial charge is 0.331 e. The first-order valence-electron chi connectivity index (χ1n) is 10.3. The Morgan fingerprint density at radius 3 is 2.44 bits per heavy atom. The standard InChI is InChI=1S/C22H20ClF3N4O3S/c1-2-14-5-3-4-6-19(14)30-21(15-7-9-16(23)10-8-15)17-12-29(13-18(17)28-30)20(31)11-27-34(32,33)22(24,25)26/h3-10,27H,2,11-13H2,1H3. The molecular formula is C22H20ClF3N4O3S. The summed E-state index contributed by atoms with van der Waals surface area (Å²) in [6, 6.07) is 14.9. The van der Waals surface area contributed by atoms with Crippen LogP contribution in [0.5, 0.6) is 0 Å². The van der Waals surface area contributed by atoms with Crippen LogP contribution in [0.25, 0.3) is 16.9 Å². The second kappa shape index (κ2) is 9.05. The minimum Gasteiger partial charge on any atom is -0.331 e. The van der Waals surface area contributed by atoms with E-state index >= 15 is 0 Å². The molecule has 0 saturated carbocycles. The van der Waals surface area contributed by atoms with Gasteiger partial charge < -0.3 is 4.90 Å². The molecule has 180 valence electrons. The summed E-state index contributed by atoms with van der Waals surface area (Å²) in [6.07, 6.45) is 0.769. The van der Waals surface area contributed by atoms with Gasteiger partial charge in [0.15, 0.2) is 0 Å². The Labute approximate surface area is 199 Å². The van der Waals surface area contributed by atoms with Gasteiger partial charge in [-0.05, 0) is 30.2 Å². The number of hydrogen-bond acceptors (Lipinski definition) is 4. The van der Waals surface area contributed by atoms with Crippen molar-refractivity contribution in [1.82, 2.24) is 19.4 Å². The van der Waals surface area contributed by atoms with Crippen LogP contribution in [0.1, 0.15) is 23.7 Å². The van der Waals surface area contributed by atoms with Crippen molar-refractivity contribution in [3.63, 3.8) is 0 Å². The van der Waals surface area contributed by atoms with E-state index in [9.17, 15) is 26.4 Å². The molecule has 0 radical (unpaired) electrons. The lowest BCUT2D eigenvalue weighted by Gasteiger charge is -2.18. The average molecular weight is 513 g/mol. The highest BCUT2D eigenvalue weighted by Crippen LogP contribution is 2.36. The number of aromatic nitrogens is 2. The second-order valence-corrected chi connectivity index (χ2v) is 9.89. The molecule has 0 atom stereocenters. The van der Waals surface area contributed by atoms with Crippen molar-refractivity contribution in [2.45, 2.75) is 31.9 Å². The Morgan fingerprint density at radius 1 is 1.12 bits per heavy atom. The molecule has 1 aliphatic rings. The molecule has 1 aliphatic heterocycles. The van der Waals surface area contributed by atoms with Gasteiger partial charge in [-0.3, -0.25) is 4.79 Å². The number of fused-ring (bicyclic) bond motifs is 1. The number of aryl methyl sites for hydroxylation is 1. The van der Waals surface area contributed by atoms with Gasteiger partial charge in [-0.15, -0.1) is 0 Å². The third kappa shape index (κ3) is 4.55. The summed E-state index contributed by atoms with van der Waals surface area (Å²) in [5.41, 5.74) is -0.692. The molecule has 0 aliphatic carbocycles. The molecule has 1 N–H and O–H groups in total. The van der Waals surface area contributed by atoms with Crippen LogP contribution in [-0.2, 0) is 34.3 Å². The monoisotopic (exact) mass is 512 g/mol. The molecule has 0 bridgehead atoms. The first-order valence-corrected chi connectivity index (χ1v) is 12.2. The van der Waals surface area contributed by atoms with Crippen molar-refractivity contribution in [2.24, 2.45) is 0 Å². The minimum absolute atomic E-state index is 0.0454. The highest BCUT2D eigenvalue weighted by Gasteiger charge is 2.46. The molecule has 12 heteroatoms. The predicted octanol–water partition coefficient (Wildman–Crippen LogP) is 4.04. The highest BCUT2D eigenvalue weighted by molar-refractivity contribution is 7.90. The zero-order valence-corrected chi connectivity index (χ0v) is 19.5. The summed E-state index contributed by atoms with van der Waals surface area (Å²) >= 11 is 6.05. The predicted molar refractivity (Wildman–Crippen MR) is 121 cm³/mol. The van der Waals surface area contributed by atoms with Gasteiger partial charge in [-0.2, -0.15) is 23.0 Å². The second-order valence-electron chi connectivity index (χ2n) is 7.69. The van der Waals surface area contributed by atoms with Crippen LogP contribution in [-0.4, -0.2) is 41.1 Å². The fourth-order valence-electron chi connectivity index (χ4n) is 3.84. The maximum atomic E-state index is 12.6. The lowest BCUT2D eigenvalue weighted by Crippen LogP contribution is -2.42. The zero-order chi connectivity index (χ0) is 24.7. The molecule has 1 aromatic heterocycles. The summed E-state index contributed by atoms with van der Waals surface area (Å²) in [5.74, 6) is -0.784. The normalized spacial score (nSPS) is 13.9. The third-order valence-corrected chi connectivity index (χ3v) is 6.93. The Hall–Kier alpha value is -2.89. The summed E-state index contributed by atoms with van der Waals surface area (Å²) in [4.78, 5) is 13.8. The molecule has 2 aromatic carbocycles. The van der Waals surface area contributed by atoms with Crippen LogP contribution in [0.15, 0.2) is 48.5 Å². The van der Waals surface area contributed by atoms with Crippen LogP contribution in [0.3, 0.4) is 0 Å². The van der Waals surface area contributed by atoms with Crippen molar-refractivity contribution >= 4 is 27.5 Å². The molecule has 1 amide bonds. The summed E-state index contributed by atoms with van der Waals surface area (Å²) in [7, 11) is -5.61. The molecule has 0 unspecified atom stereocenters. The van der Waals surface area contributed by atoms with Crippen LogP contribution >= 0.6 is 11.6 Å². The lowest BCUT2D eigenvalue weighted by atomic mass is 10.1. The van der Waals surface area contributed by atoms with E-state index in [1.54, 1.807) is 16.8 Å². The number of alkyl halides is 3. The number of carbonyl (C=O) groups is 1. The van der Waals surface area contributed by atoms with Gasteiger partial charge in [0.1, 0.15) is 0 Å². The average Bonchev–Trinajstić information content (AvgIpc) is 3.35. The van der Waals surface area contributed by atoms with E-state index in [2.05, 4.69) is 0 Å². The van der Waals surface area contributed by atoms with Crippen LogP contribution in [0.4, 0.5) is 13.2 Å². The Kier molecular flexibility index (Phi) is 6.45. The van der Waals surface area contributed by atoms with Crippen molar-refractivity contribution in [1.29, 1.82) is 0 Å². The van der Waals surface area contributed by atoms with Gasteiger partial charge >= 0.3 is 15.5 Å². The van der Waals surface area contributed by atoms with E-state index in [0.29, 0.717) is 10.7 Å². The number of halogens is 4. The molecular weight excluding hydrogens is 493 g/mol. The lowest BCUT2D eigenvalue weighted by molar-refractivity contribution is -0.130. The van der Waals surface area contributed by atoms with Gasteiger partial charge in [0, 0.05) is 16.1 Å². The summed E-state index contributed by atoms with van der Waals surface area (Å²) in [6.45, 7) is 1.15. The topological polar surface area (TPSA) is 84.3 Å². The first-order chi connectivity index (χ1) is 16.0. The van der Waals surface area contributed by atoms with Crippen LogP contribution < -0.4 is 4.72 Å². The van der Waals surface area contributed by atoms with Gasteiger partial charge in [0.2, 0.25) is 5.91 Å². The number of nitrogens with zero attached hydrogens (tertiary/aromatic N) is 3. The van der Waals surface area contributed by atoms with E-state index in [0.717, 1.165) is 34.5 Å². The highest BCUT2D eigenvalue weighted by atomic mass is 35.5. The number of hydrogen-bond donors (Lipinski definition) is 1.